The van der Waals surface area contributed by atoms with E-state index in [2.05, 4.69) is 29.1 Å². The summed E-state index contributed by atoms with van der Waals surface area (Å²) in [4.78, 5) is 6.61. The summed E-state index contributed by atoms with van der Waals surface area (Å²) in [5.41, 5.74) is 5.57. The summed E-state index contributed by atoms with van der Waals surface area (Å²) in [6, 6.07) is 3.15. The van der Waals surface area contributed by atoms with E-state index < -0.39 is 11.6 Å². The van der Waals surface area contributed by atoms with Crippen molar-refractivity contribution in [2.24, 2.45) is 10.7 Å². The van der Waals surface area contributed by atoms with E-state index in [-0.39, 0.29) is 53.4 Å². The zero-order valence-electron chi connectivity index (χ0n) is 15.1. The summed E-state index contributed by atoms with van der Waals surface area (Å²) in [6.07, 6.45) is 0.322. The summed E-state index contributed by atoms with van der Waals surface area (Å²) in [5.74, 6) is -1.06. The van der Waals surface area contributed by atoms with Crippen molar-refractivity contribution in [3.63, 3.8) is 0 Å². The van der Waals surface area contributed by atoms with Crippen molar-refractivity contribution in [2.75, 3.05) is 25.0 Å². The minimum Gasteiger partial charge on any atom is -0.373 e. The van der Waals surface area contributed by atoms with Gasteiger partial charge in [-0.05, 0) is 39.8 Å². The quantitative estimate of drug-likeness (QED) is 0.405. The normalized spacial score (nSPS) is 22.4. The maximum atomic E-state index is 13.6. The fourth-order valence-electron chi connectivity index (χ4n) is 2.82. The Kier molecular flexibility index (Phi) is 8.01. The number of guanidine groups is 1. The van der Waals surface area contributed by atoms with Crippen molar-refractivity contribution >= 4 is 35.6 Å². The van der Waals surface area contributed by atoms with Crippen LogP contribution in [0.3, 0.4) is 0 Å². The SMILES string of the molecule is CC1CN(C(C)(C)CN=C(N)Nc2cc(F)ccc2F)CC(C)O1.I. The molecule has 0 saturated carbocycles. The number of nitrogens with zero attached hydrogens (tertiary/aromatic N) is 2. The number of nitrogens with one attached hydrogen (secondary N) is 1. The molecule has 1 heterocycles. The zero-order chi connectivity index (χ0) is 17.9. The predicted molar refractivity (Wildman–Crippen MR) is 108 cm³/mol. The van der Waals surface area contributed by atoms with Crippen LogP contribution >= 0.6 is 24.0 Å². The maximum absolute atomic E-state index is 13.6. The van der Waals surface area contributed by atoms with Crippen molar-refractivity contribution in [3.05, 3.63) is 29.8 Å². The van der Waals surface area contributed by atoms with E-state index in [1.807, 2.05) is 13.8 Å². The molecule has 2 unspecified atom stereocenters. The van der Waals surface area contributed by atoms with Crippen molar-refractivity contribution in [2.45, 2.75) is 45.4 Å². The molecule has 25 heavy (non-hydrogen) atoms. The van der Waals surface area contributed by atoms with E-state index in [9.17, 15) is 8.78 Å². The van der Waals surface area contributed by atoms with Gasteiger partial charge in [0.1, 0.15) is 11.6 Å². The molecular formula is C17H27F2IN4O. The number of ether oxygens (including phenoxy) is 1. The molecule has 0 spiro atoms. The van der Waals surface area contributed by atoms with Gasteiger partial charge in [0.2, 0.25) is 0 Å². The molecule has 0 aromatic heterocycles. The molecule has 142 valence electrons. The lowest BCUT2D eigenvalue weighted by Gasteiger charge is -2.44. The Morgan fingerprint density at radius 3 is 2.52 bits per heavy atom. The van der Waals surface area contributed by atoms with Gasteiger partial charge in [-0.3, -0.25) is 9.89 Å². The number of anilines is 1. The number of hydrogen-bond donors (Lipinski definition) is 2. The molecule has 0 aliphatic carbocycles. The number of hydrogen-bond acceptors (Lipinski definition) is 3. The lowest BCUT2D eigenvalue weighted by Crippen LogP contribution is -2.56. The monoisotopic (exact) mass is 468 g/mol. The van der Waals surface area contributed by atoms with Gasteiger partial charge in [0.25, 0.3) is 0 Å². The molecular weight excluding hydrogens is 441 g/mol. The van der Waals surface area contributed by atoms with Crippen LogP contribution in [0.5, 0.6) is 0 Å². The molecule has 3 N–H and O–H groups in total. The molecule has 8 heteroatoms. The second-order valence-electron chi connectivity index (χ2n) is 6.93. The highest BCUT2D eigenvalue weighted by Gasteiger charge is 2.33. The Morgan fingerprint density at radius 2 is 1.92 bits per heavy atom. The third-order valence-electron chi connectivity index (χ3n) is 4.10. The van der Waals surface area contributed by atoms with Crippen molar-refractivity contribution in [3.8, 4) is 0 Å². The highest BCUT2D eigenvalue weighted by Crippen LogP contribution is 2.22. The van der Waals surface area contributed by atoms with Gasteiger partial charge < -0.3 is 15.8 Å². The van der Waals surface area contributed by atoms with Gasteiger partial charge in [0.15, 0.2) is 5.96 Å². The molecule has 2 rings (SSSR count). The van der Waals surface area contributed by atoms with Crippen molar-refractivity contribution < 1.29 is 13.5 Å². The summed E-state index contributed by atoms with van der Waals surface area (Å²) in [5, 5.41) is 2.61. The van der Waals surface area contributed by atoms with E-state index in [0.717, 1.165) is 31.3 Å². The second kappa shape index (κ2) is 9.09. The van der Waals surface area contributed by atoms with Crippen molar-refractivity contribution in [1.29, 1.82) is 0 Å². The molecule has 1 aromatic carbocycles. The molecule has 1 aromatic rings. The first-order chi connectivity index (χ1) is 11.2. The third kappa shape index (κ3) is 6.34. The van der Waals surface area contributed by atoms with E-state index in [1.54, 1.807) is 0 Å². The Labute approximate surface area is 165 Å². The summed E-state index contributed by atoms with van der Waals surface area (Å²) in [7, 11) is 0. The largest absolute Gasteiger partial charge is 0.373 e. The van der Waals surface area contributed by atoms with E-state index >= 15 is 0 Å². The number of benzene rings is 1. The van der Waals surface area contributed by atoms with Gasteiger partial charge in [0, 0.05) is 24.7 Å². The summed E-state index contributed by atoms with van der Waals surface area (Å²) < 4.78 is 32.6. The first-order valence-electron chi connectivity index (χ1n) is 8.10. The van der Waals surface area contributed by atoms with Crippen LogP contribution in [0.15, 0.2) is 23.2 Å². The van der Waals surface area contributed by atoms with Crippen LogP contribution in [-0.4, -0.2) is 48.2 Å². The Bertz CT molecular complexity index is 602. The van der Waals surface area contributed by atoms with E-state index in [4.69, 9.17) is 10.5 Å². The van der Waals surface area contributed by atoms with Gasteiger partial charge in [-0.25, -0.2) is 8.78 Å². The standard InChI is InChI=1S/C17H26F2N4O.HI/c1-11-8-23(9-12(2)24-11)17(3,4)10-21-16(20)22-15-7-13(18)5-6-14(15)19;/h5-7,11-12H,8-10H2,1-4H3,(H3,20,21,22);1H. The lowest BCUT2D eigenvalue weighted by atomic mass is 10.0. The lowest BCUT2D eigenvalue weighted by molar-refractivity contribution is -0.0939. The van der Waals surface area contributed by atoms with Crippen LogP contribution in [-0.2, 0) is 4.74 Å². The number of morpholine rings is 1. The molecule has 1 saturated heterocycles. The topological polar surface area (TPSA) is 62.9 Å². The minimum absolute atomic E-state index is 0. The average Bonchev–Trinajstić information content (AvgIpc) is 2.48. The molecule has 5 nitrogen and oxygen atoms in total. The molecule has 2 atom stereocenters. The Hall–Kier alpha value is -1.00. The Balaban J connectivity index is 0.00000312. The predicted octanol–water partition coefficient (Wildman–Crippen LogP) is 3.20. The average molecular weight is 468 g/mol. The zero-order valence-corrected chi connectivity index (χ0v) is 17.4. The summed E-state index contributed by atoms with van der Waals surface area (Å²) >= 11 is 0. The minimum atomic E-state index is -0.579. The molecule has 1 aliphatic rings. The van der Waals surface area contributed by atoms with Crippen LogP contribution in [0.2, 0.25) is 0 Å². The van der Waals surface area contributed by atoms with Gasteiger partial charge in [0.05, 0.1) is 24.4 Å². The molecule has 0 bridgehead atoms. The van der Waals surface area contributed by atoms with Crippen LogP contribution in [0, 0.1) is 11.6 Å². The fraction of sp³-hybridized carbons (Fsp3) is 0.588. The van der Waals surface area contributed by atoms with Gasteiger partial charge in [-0.2, -0.15) is 0 Å². The number of aliphatic imine (C=N–C) groups is 1. The van der Waals surface area contributed by atoms with Gasteiger partial charge in [-0.15, -0.1) is 24.0 Å². The summed E-state index contributed by atoms with van der Waals surface area (Å²) in [6.45, 7) is 10.3. The van der Waals surface area contributed by atoms with Gasteiger partial charge >= 0.3 is 0 Å². The number of halogens is 3. The molecule has 0 radical (unpaired) electrons. The maximum Gasteiger partial charge on any atom is 0.193 e. The van der Waals surface area contributed by atoms with E-state index in [0.29, 0.717) is 6.54 Å². The van der Waals surface area contributed by atoms with Crippen LogP contribution in [0.4, 0.5) is 14.5 Å². The third-order valence-corrected chi connectivity index (χ3v) is 4.10. The Morgan fingerprint density at radius 1 is 1.32 bits per heavy atom. The van der Waals surface area contributed by atoms with Gasteiger partial charge in [-0.1, -0.05) is 0 Å². The molecule has 1 fully saturated rings. The molecule has 1 aliphatic heterocycles. The van der Waals surface area contributed by atoms with E-state index in [1.165, 1.54) is 0 Å². The highest BCUT2D eigenvalue weighted by atomic mass is 127. The first kappa shape index (κ1) is 22.0. The first-order valence-corrected chi connectivity index (χ1v) is 8.10. The smallest absolute Gasteiger partial charge is 0.193 e. The van der Waals surface area contributed by atoms with Crippen LogP contribution in [0.1, 0.15) is 27.7 Å². The number of nitrogens with two attached hydrogens (primary N) is 1. The second-order valence-corrected chi connectivity index (χ2v) is 6.93. The van der Waals surface area contributed by atoms with Crippen LogP contribution < -0.4 is 11.1 Å². The molecule has 0 amide bonds. The fourth-order valence-corrected chi connectivity index (χ4v) is 2.82. The van der Waals surface area contributed by atoms with Crippen molar-refractivity contribution in [1.82, 2.24) is 4.90 Å². The number of rotatable bonds is 4. The van der Waals surface area contributed by atoms with Crippen LogP contribution in [0.25, 0.3) is 0 Å². The highest BCUT2D eigenvalue weighted by molar-refractivity contribution is 14.0.